The zero-order chi connectivity index (χ0) is 24.3. The lowest BCUT2D eigenvalue weighted by Crippen LogP contribution is -2.45. The minimum Gasteiger partial charge on any atom is -0.384 e. The second-order valence-corrected chi connectivity index (χ2v) is 11.8. The van der Waals surface area contributed by atoms with E-state index in [1.165, 1.54) is 6.07 Å². The first-order chi connectivity index (χ1) is 16.9. The highest BCUT2D eigenvalue weighted by Crippen LogP contribution is 2.56. The molecule has 0 saturated heterocycles. The molecule has 0 aliphatic heterocycles. The van der Waals surface area contributed by atoms with Crippen molar-refractivity contribution in [2.24, 2.45) is 11.8 Å². The first kappa shape index (κ1) is 23.9. The van der Waals surface area contributed by atoms with E-state index in [0.29, 0.717) is 56.7 Å². The number of benzene rings is 2. The van der Waals surface area contributed by atoms with Gasteiger partial charge in [0.25, 0.3) is 0 Å². The van der Waals surface area contributed by atoms with Gasteiger partial charge in [0.1, 0.15) is 17.3 Å². The van der Waals surface area contributed by atoms with Gasteiger partial charge in [0.2, 0.25) is 0 Å². The van der Waals surface area contributed by atoms with Gasteiger partial charge in [-0.1, -0.05) is 56.4 Å². The number of aliphatic hydroxyl groups is 1. The molecule has 0 amide bonds. The summed E-state index contributed by atoms with van der Waals surface area (Å²) in [6.07, 6.45) is 5.16. The van der Waals surface area contributed by atoms with Gasteiger partial charge < -0.3 is 14.4 Å². The lowest BCUT2D eigenvalue weighted by atomic mass is 9.69. The van der Waals surface area contributed by atoms with Crippen LogP contribution in [0.4, 0.5) is 4.39 Å². The molecule has 1 N–H and O–H groups in total. The highest BCUT2D eigenvalue weighted by Gasteiger charge is 2.55. The van der Waals surface area contributed by atoms with E-state index in [4.69, 9.17) is 32.5 Å². The number of hydrogen-bond donors (Lipinski definition) is 1. The quantitative estimate of drug-likeness (QED) is 0.321. The lowest BCUT2D eigenvalue weighted by molar-refractivity contribution is -0.117. The van der Waals surface area contributed by atoms with Crippen LogP contribution in [0.3, 0.4) is 0 Å². The maximum Gasteiger partial charge on any atom is 0.145 e. The third kappa shape index (κ3) is 4.15. The molecule has 35 heavy (non-hydrogen) atoms. The van der Waals surface area contributed by atoms with Gasteiger partial charge in [-0.05, 0) is 74.6 Å². The number of ether oxygens (including phenoxy) is 1. The van der Waals surface area contributed by atoms with Gasteiger partial charge in [-0.15, -0.1) is 0 Å². The first-order valence-electron chi connectivity index (χ1n) is 12.1. The van der Waals surface area contributed by atoms with Crippen molar-refractivity contribution >= 4 is 39.1 Å². The molecule has 0 radical (unpaired) electrons. The monoisotopic (exact) mass is 579 g/mol. The van der Waals surface area contributed by atoms with E-state index in [1.807, 2.05) is 0 Å². The Hall–Kier alpha value is -1.44. The Kier molecular flexibility index (Phi) is 6.25. The molecule has 8 heteroatoms. The number of hydrogen-bond acceptors (Lipinski definition) is 4. The molecule has 6 rings (SSSR count). The third-order valence-corrected chi connectivity index (χ3v) is 9.12. The average Bonchev–Trinajstić information content (AvgIpc) is 3.56. The summed E-state index contributed by atoms with van der Waals surface area (Å²) in [5.41, 5.74) is 1.44. The highest BCUT2D eigenvalue weighted by molar-refractivity contribution is 9.10. The molecule has 1 aromatic heterocycles. The van der Waals surface area contributed by atoms with Crippen LogP contribution in [-0.2, 0) is 16.9 Å². The summed E-state index contributed by atoms with van der Waals surface area (Å²) in [6.45, 7) is 0.335. The second kappa shape index (κ2) is 9.14. The van der Waals surface area contributed by atoms with Gasteiger partial charge in [0.15, 0.2) is 0 Å². The fourth-order valence-electron chi connectivity index (χ4n) is 6.14. The van der Waals surface area contributed by atoms with Crippen molar-refractivity contribution < 1.29 is 18.8 Å². The molecule has 2 unspecified atom stereocenters. The topological polar surface area (TPSA) is 55.5 Å². The van der Waals surface area contributed by atoms with Crippen LogP contribution in [0.15, 0.2) is 45.4 Å². The summed E-state index contributed by atoms with van der Waals surface area (Å²) in [7, 11) is 0. The molecule has 0 spiro atoms. The summed E-state index contributed by atoms with van der Waals surface area (Å²) in [4.78, 5) is 0. The normalized spacial score (nSPS) is 28.0. The van der Waals surface area contributed by atoms with Crippen molar-refractivity contribution in [3.63, 3.8) is 0 Å². The van der Waals surface area contributed by atoms with Crippen LogP contribution in [0.1, 0.15) is 61.3 Å². The predicted molar refractivity (Wildman–Crippen MR) is 136 cm³/mol. The van der Waals surface area contributed by atoms with Crippen molar-refractivity contribution in [1.82, 2.24) is 5.16 Å². The van der Waals surface area contributed by atoms with Gasteiger partial charge in [-0.2, -0.15) is 0 Å². The van der Waals surface area contributed by atoms with E-state index in [-0.39, 0.29) is 23.8 Å². The van der Waals surface area contributed by atoms with E-state index in [9.17, 15) is 9.50 Å². The maximum absolute atomic E-state index is 14.8. The summed E-state index contributed by atoms with van der Waals surface area (Å²) in [5.74, 6) is 0.736. The summed E-state index contributed by atoms with van der Waals surface area (Å²) in [6, 6.07) is 10.3. The Labute approximate surface area is 221 Å². The fraction of sp³-hybridized carbons (Fsp3) is 0.444. The van der Waals surface area contributed by atoms with Crippen LogP contribution in [0.2, 0.25) is 10.0 Å². The van der Waals surface area contributed by atoms with Crippen LogP contribution in [-0.4, -0.2) is 16.4 Å². The average molecular weight is 581 g/mol. The third-order valence-electron chi connectivity index (χ3n) is 8.00. The molecule has 3 aliphatic carbocycles. The molecule has 2 bridgehead atoms. The molecule has 1 heterocycles. The Morgan fingerprint density at radius 1 is 1.09 bits per heavy atom. The Balaban J connectivity index is 1.24. The Morgan fingerprint density at radius 3 is 2.40 bits per heavy atom. The molecule has 3 aromatic rings. The van der Waals surface area contributed by atoms with Crippen LogP contribution in [0.25, 0.3) is 11.3 Å². The lowest BCUT2D eigenvalue weighted by Gasteiger charge is -2.43. The number of aromatic nitrogens is 1. The van der Waals surface area contributed by atoms with Crippen LogP contribution < -0.4 is 0 Å². The van der Waals surface area contributed by atoms with Crippen molar-refractivity contribution in [2.45, 2.75) is 62.8 Å². The Morgan fingerprint density at radius 2 is 1.77 bits per heavy atom. The highest BCUT2D eigenvalue weighted by atomic mass is 79.9. The van der Waals surface area contributed by atoms with Gasteiger partial charge in [-0.25, -0.2) is 4.39 Å². The van der Waals surface area contributed by atoms with E-state index in [0.717, 1.165) is 37.0 Å². The number of nitrogens with zero attached hydrogens (tertiary/aromatic N) is 1. The SMILES string of the molecule is OC1(c2ccc(Br)cc2F)[C@@H]2CC[C@H]1CC(OCc1c(-c3c(Cl)cccc3Cl)noc1C1CC1)C2. The largest absolute Gasteiger partial charge is 0.384 e. The molecule has 3 fully saturated rings. The van der Waals surface area contributed by atoms with Crippen molar-refractivity contribution in [3.8, 4) is 11.3 Å². The van der Waals surface area contributed by atoms with Gasteiger partial charge in [0.05, 0.1) is 28.4 Å². The smallest absolute Gasteiger partial charge is 0.145 e. The predicted octanol–water partition coefficient (Wildman–Crippen LogP) is 8.02. The molecular formula is C27H25BrCl2FNO3. The van der Waals surface area contributed by atoms with Crippen LogP contribution >= 0.6 is 39.1 Å². The van der Waals surface area contributed by atoms with Crippen LogP contribution in [0.5, 0.6) is 0 Å². The zero-order valence-corrected chi connectivity index (χ0v) is 22.0. The van der Waals surface area contributed by atoms with Gasteiger partial charge >= 0.3 is 0 Å². The van der Waals surface area contributed by atoms with E-state index in [2.05, 4.69) is 21.1 Å². The minimum atomic E-state index is -1.16. The van der Waals surface area contributed by atoms with Gasteiger partial charge in [-0.3, -0.25) is 0 Å². The second-order valence-electron chi connectivity index (χ2n) is 10.1. The van der Waals surface area contributed by atoms with Gasteiger partial charge in [0, 0.05) is 27.1 Å². The van der Waals surface area contributed by atoms with E-state index < -0.39 is 5.60 Å². The minimum absolute atomic E-state index is 0.0391. The molecule has 3 aliphatic rings. The fourth-order valence-corrected chi connectivity index (χ4v) is 7.05. The van der Waals surface area contributed by atoms with Crippen molar-refractivity contribution in [1.29, 1.82) is 0 Å². The molecule has 3 saturated carbocycles. The molecule has 4 atom stereocenters. The Bertz CT molecular complexity index is 1240. The standard InChI is InChI=1S/C27H25BrCl2FNO3/c28-17-8-9-20(23(31)12-17)27(33)15-6-7-16(27)11-18(10-15)34-13-19-25(32-35-26(19)14-4-5-14)24-21(29)2-1-3-22(24)30/h1-3,8-9,12,14-16,18,33H,4-7,10-11,13H2/t15-,16+,18?,27?. The maximum atomic E-state index is 14.8. The molecular weight excluding hydrogens is 556 g/mol. The molecule has 2 aromatic carbocycles. The zero-order valence-electron chi connectivity index (χ0n) is 18.9. The number of fused-ring (bicyclic) bond motifs is 2. The van der Waals surface area contributed by atoms with Crippen LogP contribution in [0, 0.1) is 17.7 Å². The first-order valence-corrected chi connectivity index (χ1v) is 13.6. The summed E-state index contributed by atoms with van der Waals surface area (Å²) in [5, 5.41) is 17.1. The molecule has 4 nitrogen and oxygen atoms in total. The van der Waals surface area contributed by atoms with Crippen molar-refractivity contribution in [2.75, 3.05) is 0 Å². The summed E-state index contributed by atoms with van der Waals surface area (Å²) >= 11 is 16.3. The summed E-state index contributed by atoms with van der Waals surface area (Å²) < 4.78 is 27.7. The van der Waals surface area contributed by atoms with E-state index in [1.54, 1.807) is 30.3 Å². The van der Waals surface area contributed by atoms with E-state index >= 15 is 0 Å². The number of halogens is 4. The molecule has 184 valence electrons. The van der Waals surface area contributed by atoms with Crippen molar-refractivity contribution in [3.05, 3.63) is 73.6 Å². The number of rotatable bonds is 6.